The highest BCUT2D eigenvalue weighted by Gasteiger charge is 2.37. The van der Waals surface area contributed by atoms with E-state index in [1.165, 1.54) is 26.4 Å². The van der Waals surface area contributed by atoms with Gasteiger partial charge < -0.3 is 9.47 Å². The Hall–Kier alpha value is -2.65. The van der Waals surface area contributed by atoms with Gasteiger partial charge in [0.1, 0.15) is 17.1 Å². The molecule has 2 aromatic rings. The van der Waals surface area contributed by atoms with Crippen LogP contribution in [0.2, 0.25) is 0 Å². The number of nitrogens with zero attached hydrogens (tertiary/aromatic N) is 1. The molecule has 1 aliphatic rings. The number of urea groups is 1. The average Bonchev–Trinajstić information content (AvgIpc) is 2.65. The fourth-order valence-corrected chi connectivity index (χ4v) is 4.12. The maximum Gasteiger partial charge on any atom is 0.335 e. The number of rotatable bonds is 4. The highest BCUT2D eigenvalue weighted by molar-refractivity contribution is 9.11. The van der Waals surface area contributed by atoms with Gasteiger partial charge in [-0.1, -0.05) is 22.0 Å². The van der Waals surface area contributed by atoms with E-state index in [1.54, 1.807) is 30.3 Å². The number of nitrogens with one attached hydrogen (secondary N) is 1. The van der Waals surface area contributed by atoms with Gasteiger partial charge in [0, 0.05) is 16.1 Å². The lowest BCUT2D eigenvalue weighted by Crippen LogP contribution is -2.54. The van der Waals surface area contributed by atoms with Gasteiger partial charge in [0.25, 0.3) is 11.8 Å². The fourth-order valence-electron chi connectivity index (χ4n) is 2.70. The van der Waals surface area contributed by atoms with Crippen LogP contribution in [0.1, 0.15) is 5.56 Å². The molecular formula is C19H14Br2N2O5. The summed E-state index contributed by atoms with van der Waals surface area (Å²) in [7, 11) is 2.95. The smallest absolute Gasteiger partial charge is 0.335 e. The first-order valence-electron chi connectivity index (χ1n) is 7.94. The normalized spacial score (nSPS) is 15.6. The second-order valence-electron chi connectivity index (χ2n) is 5.67. The van der Waals surface area contributed by atoms with Gasteiger partial charge in [-0.2, -0.15) is 0 Å². The molecule has 28 heavy (non-hydrogen) atoms. The van der Waals surface area contributed by atoms with Gasteiger partial charge in [0.15, 0.2) is 0 Å². The third-order valence-corrected chi connectivity index (χ3v) is 5.00. The van der Waals surface area contributed by atoms with Crippen LogP contribution in [0, 0.1) is 0 Å². The van der Waals surface area contributed by atoms with Crippen LogP contribution in [0.4, 0.5) is 10.5 Å². The van der Waals surface area contributed by atoms with Crippen molar-refractivity contribution in [3.63, 3.8) is 0 Å². The molecule has 0 saturated carbocycles. The van der Waals surface area contributed by atoms with Gasteiger partial charge in [-0.25, -0.2) is 9.69 Å². The van der Waals surface area contributed by atoms with Crippen LogP contribution in [0.5, 0.6) is 11.5 Å². The first-order valence-corrected chi connectivity index (χ1v) is 9.53. The highest BCUT2D eigenvalue weighted by atomic mass is 79.9. The molecule has 7 nitrogen and oxygen atoms in total. The lowest BCUT2D eigenvalue weighted by molar-refractivity contribution is -0.122. The summed E-state index contributed by atoms with van der Waals surface area (Å²) in [5, 5.41) is 2.19. The lowest BCUT2D eigenvalue weighted by Gasteiger charge is -2.26. The van der Waals surface area contributed by atoms with Crippen molar-refractivity contribution >= 4 is 61.5 Å². The van der Waals surface area contributed by atoms with E-state index in [4.69, 9.17) is 9.47 Å². The number of carbonyl (C=O) groups excluding carboxylic acids is 3. The number of hydrogen-bond donors (Lipinski definition) is 1. The summed E-state index contributed by atoms with van der Waals surface area (Å²) < 4.78 is 11.9. The van der Waals surface area contributed by atoms with Gasteiger partial charge in [-0.05, 0) is 46.3 Å². The molecule has 0 aliphatic carbocycles. The van der Waals surface area contributed by atoms with E-state index < -0.39 is 17.8 Å². The van der Waals surface area contributed by atoms with Crippen LogP contribution in [0.3, 0.4) is 0 Å². The molecule has 0 atom stereocenters. The van der Waals surface area contributed by atoms with Crippen LogP contribution in [0.25, 0.3) is 6.08 Å². The summed E-state index contributed by atoms with van der Waals surface area (Å²) >= 11 is 6.75. The maximum absolute atomic E-state index is 13.0. The Morgan fingerprint density at radius 3 is 2.46 bits per heavy atom. The van der Waals surface area contributed by atoms with E-state index in [-0.39, 0.29) is 11.3 Å². The predicted octanol–water partition coefficient (Wildman–Crippen LogP) is 3.90. The number of amides is 4. The van der Waals surface area contributed by atoms with Gasteiger partial charge >= 0.3 is 6.03 Å². The molecule has 1 saturated heterocycles. The zero-order chi connectivity index (χ0) is 20.4. The van der Waals surface area contributed by atoms with Gasteiger partial charge in [0.05, 0.1) is 24.4 Å². The molecule has 0 unspecified atom stereocenters. The minimum Gasteiger partial charge on any atom is -0.497 e. The standard InChI is InChI=1S/C19H14Br2N2O5/c1-27-13-5-3-4-12(9-13)23-18(25)14(17(24)22-19(23)26)7-10-6-11(20)8-15(21)16(10)28-2/h3-9H,1-2H3,(H,22,24,26)/b14-7-. The molecule has 4 amide bonds. The molecule has 0 radical (unpaired) electrons. The van der Waals surface area contributed by atoms with E-state index in [2.05, 4.69) is 37.2 Å². The number of halogens is 2. The van der Waals surface area contributed by atoms with Crippen LogP contribution < -0.4 is 19.7 Å². The summed E-state index contributed by atoms with van der Waals surface area (Å²) in [6.45, 7) is 0. The van der Waals surface area contributed by atoms with Crippen molar-refractivity contribution in [3.05, 3.63) is 56.5 Å². The van der Waals surface area contributed by atoms with E-state index >= 15 is 0 Å². The summed E-state index contributed by atoms with van der Waals surface area (Å²) in [5.41, 5.74) is 0.565. The van der Waals surface area contributed by atoms with Gasteiger partial charge in [0.2, 0.25) is 0 Å². The molecule has 9 heteroatoms. The molecule has 0 bridgehead atoms. The molecular weight excluding hydrogens is 496 g/mol. The number of imide groups is 2. The maximum atomic E-state index is 13.0. The second kappa shape index (κ2) is 8.15. The van der Waals surface area contributed by atoms with Crippen molar-refractivity contribution in [1.29, 1.82) is 0 Å². The average molecular weight is 510 g/mol. The molecule has 1 N–H and O–H groups in total. The Balaban J connectivity index is 2.09. The van der Waals surface area contributed by atoms with Crippen LogP contribution >= 0.6 is 31.9 Å². The Bertz CT molecular complexity index is 1020. The van der Waals surface area contributed by atoms with E-state index in [0.717, 1.165) is 9.37 Å². The topological polar surface area (TPSA) is 84.9 Å². The molecule has 0 aromatic heterocycles. The first kappa shape index (κ1) is 20.1. The molecule has 1 fully saturated rings. The molecule has 144 valence electrons. The van der Waals surface area contributed by atoms with Crippen LogP contribution in [-0.2, 0) is 9.59 Å². The third-order valence-electron chi connectivity index (χ3n) is 3.95. The zero-order valence-electron chi connectivity index (χ0n) is 14.8. The first-order chi connectivity index (χ1) is 13.3. The molecule has 1 heterocycles. The monoisotopic (exact) mass is 508 g/mol. The Morgan fingerprint density at radius 1 is 1.04 bits per heavy atom. The lowest BCUT2D eigenvalue weighted by atomic mass is 10.1. The summed E-state index contributed by atoms with van der Waals surface area (Å²) in [5.74, 6) is -0.619. The molecule has 2 aromatic carbocycles. The van der Waals surface area contributed by atoms with Crippen LogP contribution in [0.15, 0.2) is 50.9 Å². The number of benzene rings is 2. The highest BCUT2D eigenvalue weighted by Crippen LogP contribution is 2.35. The van der Waals surface area contributed by atoms with Gasteiger partial charge in [-0.3, -0.25) is 14.9 Å². The van der Waals surface area contributed by atoms with Crippen molar-refractivity contribution in [2.45, 2.75) is 0 Å². The Morgan fingerprint density at radius 2 is 1.79 bits per heavy atom. The largest absolute Gasteiger partial charge is 0.497 e. The quantitative estimate of drug-likeness (QED) is 0.499. The van der Waals surface area contributed by atoms with Crippen molar-refractivity contribution in [1.82, 2.24) is 5.32 Å². The molecule has 1 aliphatic heterocycles. The Kier molecular flexibility index (Phi) is 5.85. The third kappa shape index (κ3) is 3.81. The molecule has 3 rings (SSSR count). The fraction of sp³-hybridized carbons (Fsp3) is 0.105. The van der Waals surface area contributed by atoms with Gasteiger partial charge in [-0.15, -0.1) is 0 Å². The van der Waals surface area contributed by atoms with E-state index in [0.29, 0.717) is 21.5 Å². The summed E-state index contributed by atoms with van der Waals surface area (Å²) in [4.78, 5) is 38.5. The van der Waals surface area contributed by atoms with Crippen LogP contribution in [-0.4, -0.2) is 32.1 Å². The predicted molar refractivity (Wildman–Crippen MR) is 110 cm³/mol. The Labute approximate surface area is 177 Å². The van der Waals surface area contributed by atoms with Crippen molar-refractivity contribution < 1.29 is 23.9 Å². The number of barbiturate groups is 1. The SMILES string of the molecule is COc1cccc(N2C(=O)NC(=O)/C(=C/c3cc(Br)cc(Br)c3OC)C2=O)c1. The summed E-state index contributed by atoms with van der Waals surface area (Å²) in [6.07, 6.45) is 1.38. The minimum atomic E-state index is -0.831. The number of carbonyl (C=O) groups is 3. The van der Waals surface area contributed by atoms with Crippen molar-refractivity contribution in [3.8, 4) is 11.5 Å². The zero-order valence-corrected chi connectivity index (χ0v) is 18.0. The minimum absolute atomic E-state index is 0.203. The molecule has 0 spiro atoms. The van der Waals surface area contributed by atoms with Crippen molar-refractivity contribution in [2.75, 3.05) is 19.1 Å². The van der Waals surface area contributed by atoms with E-state index in [1.807, 2.05) is 0 Å². The summed E-state index contributed by atoms with van der Waals surface area (Å²) in [6, 6.07) is 9.07. The second-order valence-corrected chi connectivity index (χ2v) is 7.44. The number of ether oxygens (including phenoxy) is 2. The number of methoxy groups -OCH3 is 2. The van der Waals surface area contributed by atoms with E-state index in [9.17, 15) is 14.4 Å². The number of anilines is 1. The number of hydrogen-bond acceptors (Lipinski definition) is 5. The van der Waals surface area contributed by atoms with Crippen molar-refractivity contribution in [2.24, 2.45) is 0 Å².